The number of nitrogens with zero attached hydrogens (tertiary/aromatic N) is 6. The van der Waals surface area contributed by atoms with E-state index in [2.05, 4.69) is 15.0 Å². The molecule has 1 saturated carbocycles. The van der Waals surface area contributed by atoms with Gasteiger partial charge in [0, 0.05) is 0 Å². The van der Waals surface area contributed by atoms with Crippen molar-refractivity contribution in [3.8, 4) is 5.88 Å². The molecule has 0 radical (unpaired) electrons. The Morgan fingerprint density at radius 1 is 1.21 bits per heavy atom. The van der Waals surface area contributed by atoms with E-state index >= 15 is 0 Å². The quantitative estimate of drug-likeness (QED) is 0.253. The Morgan fingerprint density at radius 3 is 2.72 bits per heavy atom. The molecule has 4 heterocycles. The number of imide groups is 1. The maximum absolute atomic E-state index is 12.6. The molecule has 1 aliphatic heterocycles. The van der Waals surface area contributed by atoms with Crippen LogP contribution in [0, 0.1) is 0 Å². The second kappa shape index (κ2) is 7.20. The fraction of sp³-hybridized carbons (Fsp3) is 0.278. The monoisotopic (exact) mass is 602 g/mol. The molecule has 3 amide bonds. The van der Waals surface area contributed by atoms with E-state index < -0.39 is 0 Å². The van der Waals surface area contributed by atoms with Gasteiger partial charge in [0.25, 0.3) is 0 Å². The third-order valence-electron chi connectivity index (χ3n) is 4.92. The number of pyridine rings is 1. The summed E-state index contributed by atoms with van der Waals surface area (Å²) in [5.41, 5.74) is 3.10. The van der Waals surface area contributed by atoms with E-state index in [0.717, 1.165) is 18.4 Å². The topological polar surface area (TPSA) is 92.9 Å². The van der Waals surface area contributed by atoms with Gasteiger partial charge < -0.3 is 0 Å². The van der Waals surface area contributed by atoms with Gasteiger partial charge in [-0.3, -0.25) is 0 Å². The molecule has 3 aromatic heterocycles. The fourth-order valence-corrected chi connectivity index (χ4v) is 4.31. The Morgan fingerprint density at radius 2 is 2.03 bits per heavy atom. The summed E-state index contributed by atoms with van der Waals surface area (Å²) >= 11 is 5.99. The number of fused-ring (bicyclic) bond motifs is 1. The number of urea groups is 1. The normalized spacial score (nSPS) is 16.8. The van der Waals surface area contributed by atoms with Crippen LogP contribution in [0.5, 0.6) is 5.88 Å². The standard InChI is InChI=1S/C18H15ClN6O3.Tl/c19-14-4-16(21-9-20-14)28-8-12-6-24-5-11(10-1-2-10)3-13(17(24)22-12)25-7-15(26)23-18(25)27;/h3-6,9-10H,1-2,7-8H2,(H,23,26,27);/q;+1/p-1. The van der Waals surface area contributed by atoms with Crippen LogP contribution in [-0.2, 0) is 11.4 Å². The Labute approximate surface area is 186 Å². The van der Waals surface area contributed by atoms with E-state index in [1.54, 1.807) is 0 Å². The average molecular weight is 602 g/mol. The first-order valence-electron chi connectivity index (χ1n) is 9.00. The molecule has 5 rings (SSSR count). The molecule has 29 heavy (non-hydrogen) atoms. The maximum atomic E-state index is 12.6. The summed E-state index contributed by atoms with van der Waals surface area (Å²) in [5.74, 6) is 0.686. The Kier molecular flexibility index (Phi) is 4.65. The van der Waals surface area contributed by atoms with Gasteiger partial charge in [0.05, 0.1) is 0 Å². The number of hydrogen-bond donors (Lipinski definition) is 0. The number of ether oxygens (including phenoxy) is 1. The average Bonchev–Trinajstić information content (AvgIpc) is 3.42. The van der Waals surface area contributed by atoms with Crippen molar-refractivity contribution in [1.29, 1.82) is 0 Å². The molecule has 0 spiro atoms. The van der Waals surface area contributed by atoms with Crippen molar-refractivity contribution in [2.75, 3.05) is 11.4 Å². The number of imidazole rings is 1. The van der Waals surface area contributed by atoms with Crippen LogP contribution in [0.25, 0.3) is 5.65 Å². The van der Waals surface area contributed by atoms with Gasteiger partial charge in [-0.1, -0.05) is 11.6 Å². The van der Waals surface area contributed by atoms with Crippen molar-refractivity contribution in [3.63, 3.8) is 0 Å². The van der Waals surface area contributed by atoms with E-state index in [1.165, 1.54) is 20.0 Å². The molecule has 0 aromatic carbocycles. The van der Waals surface area contributed by atoms with Crippen LogP contribution in [-0.4, -0.2) is 66.6 Å². The number of amides is 3. The number of carbonyl (C=O) groups excluding carboxylic acids is 2. The molecule has 11 heteroatoms. The van der Waals surface area contributed by atoms with Gasteiger partial charge in [0.2, 0.25) is 0 Å². The molecule has 3 aromatic rings. The summed E-state index contributed by atoms with van der Waals surface area (Å²) in [5, 5.41) is 0.298. The molecule has 9 nitrogen and oxygen atoms in total. The summed E-state index contributed by atoms with van der Waals surface area (Å²) < 4.78 is 8.87. The summed E-state index contributed by atoms with van der Waals surface area (Å²) in [6.45, 7) is 0.242. The molecule has 1 saturated heterocycles. The first kappa shape index (κ1) is 18.7. The van der Waals surface area contributed by atoms with Crippen molar-refractivity contribution >= 4 is 60.9 Å². The van der Waals surface area contributed by atoms with Crippen molar-refractivity contribution < 1.29 is 14.3 Å². The van der Waals surface area contributed by atoms with Crippen LogP contribution in [0.3, 0.4) is 0 Å². The predicted molar refractivity (Wildman–Crippen MR) is 104 cm³/mol. The molecule has 2 aliphatic rings. The summed E-state index contributed by atoms with van der Waals surface area (Å²) in [6.07, 6.45) is 7.50. The third-order valence-corrected chi connectivity index (χ3v) is 7.10. The van der Waals surface area contributed by atoms with E-state index in [1.807, 2.05) is 22.9 Å². The number of halogens is 1. The molecule has 1 aliphatic carbocycles. The predicted octanol–water partition coefficient (Wildman–Crippen LogP) is 2.09. The summed E-state index contributed by atoms with van der Waals surface area (Å²) in [7, 11) is 0. The summed E-state index contributed by atoms with van der Waals surface area (Å²) in [4.78, 5) is 38.7. The third kappa shape index (κ3) is 3.56. The number of anilines is 1. The second-order valence-electron chi connectivity index (χ2n) is 7.00. The molecule has 0 unspecified atom stereocenters. The number of rotatable bonds is 5. The van der Waals surface area contributed by atoms with Crippen LogP contribution in [0.2, 0.25) is 5.15 Å². The van der Waals surface area contributed by atoms with E-state index in [0.29, 0.717) is 34.0 Å². The SMILES string of the molecule is O=C1CN(c2cc(C3CC3)cn3cc(COc4cc(Cl)ncn4)nc23)C(=O)[N]1[Tl]. The number of carbonyl (C=O) groups is 2. The zero-order chi connectivity index (χ0) is 20.1. The van der Waals surface area contributed by atoms with Crippen molar-refractivity contribution in [2.24, 2.45) is 0 Å². The number of aromatic nitrogens is 4. The molecule has 0 bridgehead atoms. The van der Waals surface area contributed by atoms with Gasteiger partial charge in [-0.25, -0.2) is 4.98 Å². The van der Waals surface area contributed by atoms with Gasteiger partial charge >= 0.3 is 171 Å². The molecule has 0 N–H and O–H groups in total. The Bertz CT molecular complexity index is 1150. The fourth-order valence-electron chi connectivity index (χ4n) is 3.31. The van der Waals surface area contributed by atoms with Crippen LogP contribution in [0.4, 0.5) is 10.5 Å². The molecular weight excluding hydrogens is 588 g/mol. The van der Waals surface area contributed by atoms with Crippen LogP contribution in [0.15, 0.2) is 30.9 Å². The zero-order valence-corrected chi connectivity index (χ0v) is 20.4. The minimum absolute atomic E-state index is 0.0528. The van der Waals surface area contributed by atoms with E-state index in [9.17, 15) is 9.59 Å². The molecule has 144 valence electrons. The van der Waals surface area contributed by atoms with Gasteiger partial charge in [-0.15, -0.1) is 0 Å². The van der Waals surface area contributed by atoms with Crippen LogP contribution < -0.4 is 9.64 Å². The first-order valence-corrected chi connectivity index (χ1v) is 11.4. The summed E-state index contributed by atoms with van der Waals surface area (Å²) in [6, 6.07) is 3.25. The second-order valence-corrected chi connectivity index (χ2v) is 9.39. The first-order chi connectivity index (χ1) is 14.0. The molecule has 0 atom stereocenters. The van der Waals surface area contributed by atoms with Crippen molar-refractivity contribution in [3.05, 3.63) is 47.3 Å². The molecular formula is C18H14ClN6O3Tl. The van der Waals surface area contributed by atoms with Crippen LogP contribution >= 0.6 is 11.6 Å². The van der Waals surface area contributed by atoms with E-state index in [-0.39, 0.29) is 51.2 Å². The zero-order valence-electron chi connectivity index (χ0n) is 15.2. The number of hydrogen-bond acceptors (Lipinski definition) is 6. The van der Waals surface area contributed by atoms with Crippen molar-refractivity contribution in [2.45, 2.75) is 25.4 Å². The minimum atomic E-state index is -0.272. The van der Waals surface area contributed by atoms with E-state index in [4.69, 9.17) is 16.3 Å². The van der Waals surface area contributed by atoms with Gasteiger partial charge in [0.1, 0.15) is 0 Å². The Hall–Kier alpha value is -2.28. The van der Waals surface area contributed by atoms with Crippen LogP contribution in [0.1, 0.15) is 30.0 Å². The Balaban J connectivity index is 1.50. The van der Waals surface area contributed by atoms with Gasteiger partial charge in [0.15, 0.2) is 0 Å². The van der Waals surface area contributed by atoms with Gasteiger partial charge in [-0.2, -0.15) is 0 Å². The van der Waals surface area contributed by atoms with Gasteiger partial charge in [-0.05, 0) is 0 Å². The molecule has 2 fully saturated rings. The van der Waals surface area contributed by atoms with Crippen molar-refractivity contribution in [1.82, 2.24) is 22.1 Å².